The number of hydrogen-bond donors (Lipinski definition) is 0. The van der Waals surface area contributed by atoms with Gasteiger partial charge in [0.15, 0.2) is 5.13 Å². The molecule has 0 saturated carbocycles. The first-order chi connectivity index (χ1) is 15.1. The molecule has 1 aliphatic rings. The summed E-state index contributed by atoms with van der Waals surface area (Å²) in [5, 5.41) is 2.82. The number of carbonyl (C=O) groups excluding carboxylic acids is 1. The molecule has 4 rings (SSSR count). The van der Waals surface area contributed by atoms with Crippen LogP contribution in [-0.4, -0.2) is 49.1 Å². The quantitative estimate of drug-likeness (QED) is 0.522. The first-order valence-electron chi connectivity index (χ1n) is 10.4. The van der Waals surface area contributed by atoms with Gasteiger partial charge in [-0.15, -0.1) is 11.3 Å². The van der Waals surface area contributed by atoms with Crippen molar-refractivity contribution in [2.75, 3.05) is 32.2 Å². The maximum Gasteiger partial charge on any atom is 0.245 e. The standard InChI is InChI=1S/C24H27N3O3S/c1-17(23(28)26-14-4-5-15-26)27(19-8-12-21(30-3)13-9-19)24-25-22(16-31-24)18-6-10-20(29-2)11-7-18/h6-13,16-17H,4-5,14-15H2,1-3H3/t17-/m0/s1. The molecule has 0 unspecified atom stereocenters. The molecule has 2 heterocycles. The van der Waals surface area contributed by atoms with Crippen LogP contribution in [0.2, 0.25) is 0 Å². The van der Waals surface area contributed by atoms with E-state index in [1.807, 2.05) is 70.6 Å². The lowest BCUT2D eigenvalue weighted by Gasteiger charge is -2.31. The first-order valence-corrected chi connectivity index (χ1v) is 11.3. The highest BCUT2D eigenvalue weighted by molar-refractivity contribution is 7.14. The highest BCUT2D eigenvalue weighted by Crippen LogP contribution is 2.35. The van der Waals surface area contributed by atoms with Crippen LogP contribution in [0.1, 0.15) is 19.8 Å². The highest BCUT2D eigenvalue weighted by atomic mass is 32.1. The van der Waals surface area contributed by atoms with Crippen molar-refractivity contribution in [1.82, 2.24) is 9.88 Å². The lowest BCUT2D eigenvalue weighted by Crippen LogP contribution is -2.44. The minimum absolute atomic E-state index is 0.134. The molecule has 0 N–H and O–H groups in total. The van der Waals surface area contributed by atoms with Gasteiger partial charge in [0.05, 0.1) is 19.9 Å². The number of nitrogens with zero attached hydrogens (tertiary/aromatic N) is 3. The number of aromatic nitrogens is 1. The SMILES string of the molecule is COc1ccc(-c2csc(N(c3ccc(OC)cc3)[C@@H](C)C(=O)N3CCCC3)n2)cc1. The van der Waals surface area contributed by atoms with E-state index in [1.54, 1.807) is 14.2 Å². The van der Waals surface area contributed by atoms with E-state index < -0.39 is 0 Å². The average Bonchev–Trinajstić information content (AvgIpc) is 3.52. The van der Waals surface area contributed by atoms with Gasteiger partial charge in [0.2, 0.25) is 5.91 Å². The molecule has 0 bridgehead atoms. The van der Waals surface area contributed by atoms with Gasteiger partial charge >= 0.3 is 0 Å². The zero-order valence-corrected chi connectivity index (χ0v) is 18.9. The van der Waals surface area contributed by atoms with Crippen LogP contribution in [0.15, 0.2) is 53.9 Å². The van der Waals surface area contributed by atoms with Gasteiger partial charge in [0, 0.05) is 29.7 Å². The van der Waals surface area contributed by atoms with Gasteiger partial charge in [-0.25, -0.2) is 4.98 Å². The number of thiazole rings is 1. The Bertz CT molecular complexity index is 1010. The maximum absolute atomic E-state index is 13.2. The predicted octanol–water partition coefficient (Wildman–Crippen LogP) is 4.98. The second kappa shape index (κ2) is 9.39. The van der Waals surface area contributed by atoms with Gasteiger partial charge in [-0.3, -0.25) is 4.79 Å². The Hall–Kier alpha value is -3.06. The lowest BCUT2D eigenvalue weighted by molar-refractivity contribution is -0.131. The fourth-order valence-electron chi connectivity index (χ4n) is 3.82. The van der Waals surface area contributed by atoms with Crippen molar-refractivity contribution < 1.29 is 14.3 Å². The zero-order chi connectivity index (χ0) is 21.8. The number of likely N-dealkylation sites (tertiary alicyclic amines) is 1. The Kier molecular flexibility index (Phi) is 6.42. The second-order valence-corrected chi connectivity index (χ2v) is 8.36. The summed E-state index contributed by atoms with van der Waals surface area (Å²) >= 11 is 1.54. The molecule has 6 nitrogen and oxygen atoms in total. The summed E-state index contributed by atoms with van der Waals surface area (Å²) in [5.74, 6) is 1.72. The Morgan fingerprint density at radius 3 is 2.16 bits per heavy atom. The molecule has 1 saturated heterocycles. The summed E-state index contributed by atoms with van der Waals surface area (Å²) in [7, 11) is 3.30. The molecule has 31 heavy (non-hydrogen) atoms. The van der Waals surface area contributed by atoms with Crippen molar-refractivity contribution in [3.8, 4) is 22.8 Å². The minimum Gasteiger partial charge on any atom is -0.497 e. The summed E-state index contributed by atoms with van der Waals surface area (Å²) in [5.41, 5.74) is 2.80. The van der Waals surface area contributed by atoms with E-state index in [-0.39, 0.29) is 11.9 Å². The minimum atomic E-state index is -0.360. The van der Waals surface area contributed by atoms with Crippen molar-refractivity contribution in [1.29, 1.82) is 0 Å². The number of anilines is 2. The molecule has 1 amide bonds. The van der Waals surface area contributed by atoms with Crippen molar-refractivity contribution >= 4 is 28.1 Å². The molecule has 0 spiro atoms. The van der Waals surface area contributed by atoms with Gasteiger partial charge in [-0.05, 0) is 68.3 Å². The van der Waals surface area contributed by atoms with E-state index in [2.05, 4.69) is 0 Å². The van der Waals surface area contributed by atoms with Gasteiger partial charge in [-0.2, -0.15) is 0 Å². The van der Waals surface area contributed by atoms with Crippen LogP contribution in [0.5, 0.6) is 11.5 Å². The van der Waals surface area contributed by atoms with E-state index in [9.17, 15) is 4.79 Å². The van der Waals surface area contributed by atoms with E-state index >= 15 is 0 Å². The van der Waals surface area contributed by atoms with Crippen molar-refractivity contribution in [3.63, 3.8) is 0 Å². The van der Waals surface area contributed by atoms with E-state index in [0.717, 1.165) is 59.5 Å². The number of rotatable bonds is 7. The average molecular weight is 438 g/mol. The lowest BCUT2D eigenvalue weighted by atomic mass is 10.2. The monoisotopic (exact) mass is 437 g/mol. The highest BCUT2D eigenvalue weighted by Gasteiger charge is 2.30. The molecule has 1 fully saturated rings. The topological polar surface area (TPSA) is 54.9 Å². The molecule has 0 radical (unpaired) electrons. The second-order valence-electron chi connectivity index (χ2n) is 7.52. The molecule has 3 aromatic rings. The Balaban J connectivity index is 1.67. The Morgan fingerprint density at radius 1 is 1.00 bits per heavy atom. The third kappa shape index (κ3) is 4.51. The summed E-state index contributed by atoms with van der Waals surface area (Å²) in [6, 6.07) is 15.2. The first kappa shape index (κ1) is 21.2. The normalized spacial score (nSPS) is 14.4. The van der Waals surface area contributed by atoms with Gasteiger partial charge in [0.25, 0.3) is 0 Å². The van der Waals surface area contributed by atoms with Crippen LogP contribution in [0, 0.1) is 0 Å². The smallest absolute Gasteiger partial charge is 0.245 e. The summed E-state index contributed by atoms with van der Waals surface area (Å²) < 4.78 is 10.6. The fraction of sp³-hybridized carbons (Fsp3) is 0.333. The van der Waals surface area contributed by atoms with Crippen LogP contribution in [-0.2, 0) is 4.79 Å². The third-order valence-corrected chi connectivity index (χ3v) is 6.44. The van der Waals surface area contributed by atoms with Crippen molar-refractivity contribution in [3.05, 3.63) is 53.9 Å². The van der Waals surface area contributed by atoms with Gasteiger partial charge in [0.1, 0.15) is 17.5 Å². The van der Waals surface area contributed by atoms with Gasteiger partial charge < -0.3 is 19.3 Å². The number of amides is 1. The van der Waals surface area contributed by atoms with Crippen LogP contribution < -0.4 is 14.4 Å². The third-order valence-electron chi connectivity index (χ3n) is 5.60. The van der Waals surface area contributed by atoms with Crippen LogP contribution >= 0.6 is 11.3 Å². The summed E-state index contributed by atoms with van der Waals surface area (Å²) in [6.07, 6.45) is 2.14. The van der Waals surface area contributed by atoms with Crippen molar-refractivity contribution in [2.24, 2.45) is 0 Å². The number of ether oxygens (including phenoxy) is 2. The van der Waals surface area contributed by atoms with Crippen LogP contribution in [0.3, 0.4) is 0 Å². The molecular formula is C24H27N3O3S. The van der Waals surface area contributed by atoms with Crippen molar-refractivity contribution in [2.45, 2.75) is 25.8 Å². The maximum atomic E-state index is 13.2. The molecule has 2 aromatic carbocycles. The number of carbonyl (C=O) groups is 1. The molecular weight excluding hydrogens is 410 g/mol. The molecule has 1 aromatic heterocycles. The zero-order valence-electron chi connectivity index (χ0n) is 18.1. The number of methoxy groups -OCH3 is 2. The molecule has 7 heteroatoms. The molecule has 162 valence electrons. The van der Waals surface area contributed by atoms with Gasteiger partial charge in [-0.1, -0.05) is 0 Å². The Morgan fingerprint density at radius 2 is 1.58 bits per heavy atom. The summed E-state index contributed by atoms with van der Waals surface area (Å²) in [6.45, 7) is 3.61. The van der Waals surface area contributed by atoms with E-state index in [0.29, 0.717) is 0 Å². The van der Waals surface area contributed by atoms with Crippen LogP contribution in [0.4, 0.5) is 10.8 Å². The Labute approximate surface area is 187 Å². The van der Waals surface area contributed by atoms with E-state index in [4.69, 9.17) is 14.5 Å². The van der Waals surface area contributed by atoms with E-state index in [1.165, 1.54) is 11.3 Å². The fourth-order valence-corrected chi connectivity index (χ4v) is 4.76. The van der Waals surface area contributed by atoms with Crippen LogP contribution in [0.25, 0.3) is 11.3 Å². The largest absolute Gasteiger partial charge is 0.497 e. The molecule has 1 atom stereocenters. The molecule has 0 aliphatic carbocycles. The summed E-state index contributed by atoms with van der Waals surface area (Å²) in [4.78, 5) is 22.1. The number of hydrogen-bond acceptors (Lipinski definition) is 6. The molecule has 1 aliphatic heterocycles. The number of benzene rings is 2. The predicted molar refractivity (Wildman–Crippen MR) is 125 cm³/mol.